The fourth-order valence-corrected chi connectivity index (χ4v) is 1.87. The van der Waals surface area contributed by atoms with Crippen molar-refractivity contribution in [1.29, 1.82) is 0 Å². The van der Waals surface area contributed by atoms with Crippen LogP contribution in [0.4, 0.5) is 18.9 Å². The molecule has 1 heterocycles. The highest BCUT2D eigenvalue weighted by molar-refractivity contribution is 5.95. The Morgan fingerprint density at radius 3 is 2.79 bits per heavy atom. The monoisotopic (exact) mass is 274 g/mol. The van der Waals surface area contributed by atoms with Crippen molar-refractivity contribution in [3.63, 3.8) is 0 Å². The lowest BCUT2D eigenvalue weighted by molar-refractivity contribution is -0.118. The minimum Gasteiger partial charge on any atom is -0.494 e. The van der Waals surface area contributed by atoms with Gasteiger partial charge >= 0.3 is 0 Å². The zero-order chi connectivity index (χ0) is 14.0. The minimum absolute atomic E-state index is 0.0449. The Bertz CT molecular complexity index is 494. The molecule has 2 rings (SSSR count). The predicted molar refractivity (Wildman–Crippen MR) is 62.9 cm³/mol. The summed E-state index contributed by atoms with van der Waals surface area (Å²) in [5.41, 5.74) is 0.195. The van der Waals surface area contributed by atoms with Crippen LogP contribution in [0.15, 0.2) is 18.2 Å². The SMILES string of the molecule is COc1ccc(NC(=O)C2CC(F)(F)CN2)cc1F. The topological polar surface area (TPSA) is 50.4 Å². The molecule has 1 fully saturated rings. The maximum Gasteiger partial charge on any atom is 0.262 e. The van der Waals surface area contributed by atoms with Crippen molar-refractivity contribution >= 4 is 11.6 Å². The van der Waals surface area contributed by atoms with Crippen molar-refractivity contribution < 1.29 is 22.7 Å². The van der Waals surface area contributed by atoms with Gasteiger partial charge in [-0.05, 0) is 12.1 Å². The van der Waals surface area contributed by atoms with Gasteiger partial charge in [-0.2, -0.15) is 0 Å². The van der Waals surface area contributed by atoms with Crippen LogP contribution in [0, 0.1) is 5.82 Å². The average Bonchev–Trinajstić information content (AvgIpc) is 2.70. The van der Waals surface area contributed by atoms with E-state index in [1.54, 1.807) is 0 Å². The summed E-state index contributed by atoms with van der Waals surface area (Å²) in [7, 11) is 1.32. The third-order valence-corrected chi connectivity index (χ3v) is 2.85. The van der Waals surface area contributed by atoms with E-state index in [0.717, 1.165) is 6.07 Å². The number of hydrogen-bond acceptors (Lipinski definition) is 3. The maximum atomic E-state index is 13.4. The van der Waals surface area contributed by atoms with Gasteiger partial charge < -0.3 is 10.1 Å². The highest BCUT2D eigenvalue weighted by atomic mass is 19.3. The number of halogens is 3. The number of anilines is 1. The van der Waals surface area contributed by atoms with Crippen LogP contribution in [0.3, 0.4) is 0 Å². The van der Waals surface area contributed by atoms with Gasteiger partial charge in [0.05, 0.1) is 19.7 Å². The van der Waals surface area contributed by atoms with Crippen LogP contribution in [-0.2, 0) is 4.79 Å². The van der Waals surface area contributed by atoms with E-state index >= 15 is 0 Å². The van der Waals surface area contributed by atoms with Crippen molar-refractivity contribution in [1.82, 2.24) is 5.32 Å². The van der Waals surface area contributed by atoms with Gasteiger partial charge in [-0.1, -0.05) is 0 Å². The number of nitrogens with one attached hydrogen (secondary N) is 2. The first-order chi connectivity index (χ1) is 8.91. The maximum absolute atomic E-state index is 13.4. The van der Waals surface area contributed by atoms with Crippen molar-refractivity contribution in [2.75, 3.05) is 19.0 Å². The number of benzene rings is 1. The number of hydrogen-bond donors (Lipinski definition) is 2. The summed E-state index contributed by atoms with van der Waals surface area (Å²) in [5, 5.41) is 4.81. The molecule has 1 amide bonds. The van der Waals surface area contributed by atoms with Crippen molar-refractivity contribution in [2.24, 2.45) is 0 Å². The number of amides is 1. The number of alkyl halides is 2. The molecule has 1 aliphatic rings. The molecule has 104 valence electrons. The van der Waals surface area contributed by atoms with Crippen molar-refractivity contribution in [2.45, 2.75) is 18.4 Å². The number of ether oxygens (including phenoxy) is 1. The lowest BCUT2D eigenvalue weighted by atomic mass is 10.2. The predicted octanol–water partition coefficient (Wildman–Crippen LogP) is 1.77. The van der Waals surface area contributed by atoms with Gasteiger partial charge in [0.1, 0.15) is 0 Å². The van der Waals surface area contributed by atoms with Crippen LogP contribution in [-0.4, -0.2) is 31.5 Å². The molecule has 0 saturated carbocycles. The number of carbonyl (C=O) groups excluding carboxylic acids is 1. The van der Waals surface area contributed by atoms with E-state index in [1.807, 2.05) is 0 Å². The third kappa shape index (κ3) is 3.17. The fraction of sp³-hybridized carbons (Fsp3) is 0.417. The molecule has 4 nitrogen and oxygen atoms in total. The van der Waals surface area contributed by atoms with E-state index in [-0.39, 0.29) is 11.4 Å². The molecular weight excluding hydrogens is 261 g/mol. The van der Waals surface area contributed by atoms with E-state index in [2.05, 4.69) is 10.6 Å². The van der Waals surface area contributed by atoms with Crippen molar-refractivity contribution in [3.05, 3.63) is 24.0 Å². The van der Waals surface area contributed by atoms with E-state index in [9.17, 15) is 18.0 Å². The standard InChI is InChI=1S/C12H13F3N2O2/c1-19-10-3-2-7(4-8(10)13)17-11(18)9-5-12(14,15)6-16-9/h2-4,9,16H,5-6H2,1H3,(H,17,18). The molecular formula is C12H13F3N2O2. The molecule has 1 aliphatic heterocycles. The first-order valence-electron chi connectivity index (χ1n) is 5.67. The molecule has 0 radical (unpaired) electrons. The molecule has 0 bridgehead atoms. The Morgan fingerprint density at radius 2 is 2.26 bits per heavy atom. The second kappa shape index (κ2) is 5.08. The van der Waals surface area contributed by atoms with Gasteiger partial charge in [-0.3, -0.25) is 10.1 Å². The van der Waals surface area contributed by atoms with Crippen molar-refractivity contribution in [3.8, 4) is 5.75 Å². The molecule has 1 saturated heterocycles. The Hall–Kier alpha value is -1.76. The smallest absolute Gasteiger partial charge is 0.262 e. The Labute approximate surface area is 107 Å². The van der Waals surface area contributed by atoms with Crippen LogP contribution >= 0.6 is 0 Å². The van der Waals surface area contributed by atoms with Crippen LogP contribution in [0.25, 0.3) is 0 Å². The molecule has 19 heavy (non-hydrogen) atoms. The summed E-state index contributed by atoms with van der Waals surface area (Å²) >= 11 is 0. The Kier molecular flexibility index (Phi) is 3.66. The third-order valence-electron chi connectivity index (χ3n) is 2.85. The molecule has 1 unspecified atom stereocenters. The van der Waals surface area contributed by atoms with Gasteiger partial charge in [0.25, 0.3) is 5.92 Å². The van der Waals surface area contributed by atoms with Gasteiger partial charge in [0.2, 0.25) is 5.91 Å². The number of methoxy groups -OCH3 is 1. The number of carbonyl (C=O) groups is 1. The summed E-state index contributed by atoms with van der Waals surface area (Å²) in [6, 6.07) is 2.89. The van der Waals surface area contributed by atoms with Crippen LogP contribution in [0.2, 0.25) is 0 Å². The molecule has 1 aromatic carbocycles. The van der Waals surface area contributed by atoms with E-state index in [1.165, 1.54) is 19.2 Å². The second-order valence-corrected chi connectivity index (χ2v) is 4.33. The van der Waals surface area contributed by atoms with Crippen LogP contribution in [0.5, 0.6) is 5.75 Å². The van der Waals surface area contributed by atoms with Crippen LogP contribution in [0.1, 0.15) is 6.42 Å². The highest BCUT2D eigenvalue weighted by Gasteiger charge is 2.42. The largest absolute Gasteiger partial charge is 0.494 e. The van der Waals surface area contributed by atoms with Gasteiger partial charge in [0, 0.05) is 18.2 Å². The van der Waals surface area contributed by atoms with Crippen LogP contribution < -0.4 is 15.4 Å². The highest BCUT2D eigenvalue weighted by Crippen LogP contribution is 2.26. The fourth-order valence-electron chi connectivity index (χ4n) is 1.87. The van der Waals surface area contributed by atoms with Gasteiger partial charge in [-0.25, -0.2) is 13.2 Å². The summed E-state index contributed by atoms with van der Waals surface area (Å²) in [4.78, 5) is 11.7. The quantitative estimate of drug-likeness (QED) is 0.883. The molecule has 7 heteroatoms. The Balaban J connectivity index is 2.01. The summed E-state index contributed by atoms with van der Waals surface area (Å²) in [5.74, 6) is -4.08. The number of rotatable bonds is 3. The molecule has 0 spiro atoms. The first kappa shape index (κ1) is 13.7. The summed E-state index contributed by atoms with van der Waals surface area (Å²) < 4.78 is 44.0. The first-order valence-corrected chi connectivity index (χ1v) is 5.67. The lowest BCUT2D eigenvalue weighted by Gasteiger charge is -2.12. The molecule has 0 aliphatic carbocycles. The van der Waals surface area contributed by atoms with E-state index < -0.39 is 36.7 Å². The van der Waals surface area contributed by atoms with E-state index in [0.29, 0.717) is 0 Å². The lowest BCUT2D eigenvalue weighted by Crippen LogP contribution is -2.35. The zero-order valence-corrected chi connectivity index (χ0v) is 10.2. The molecule has 0 aromatic heterocycles. The van der Waals surface area contributed by atoms with E-state index in [4.69, 9.17) is 4.74 Å². The Morgan fingerprint density at radius 1 is 1.53 bits per heavy atom. The minimum atomic E-state index is -2.88. The van der Waals surface area contributed by atoms with Gasteiger partial charge in [-0.15, -0.1) is 0 Å². The second-order valence-electron chi connectivity index (χ2n) is 4.33. The summed E-state index contributed by atoms with van der Waals surface area (Å²) in [6.45, 7) is -0.526. The van der Waals surface area contributed by atoms with Gasteiger partial charge in [0.15, 0.2) is 11.6 Å². The average molecular weight is 274 g/mol. The molecule has 1 atom stereocenters. The molecule has 1 aromatic rings. The summed E-state index contributed by atoms with van der Waals surface area (Å²) in [6.07, 6.45) is -0.558. The normalized spacial score (nSPS) is 21.2. The zero-order valence-electron chi connectivity index (χ0n) is 10.2. The molecule has 2 N–H and O–H groups in total.